The van der Waals surface area contributed by atoms with Crippen molar-refractivity contribution in [2.24, 2.45) is 0 Å². The molecule has 6 nitrogen and oxygen atoms in total. The standard InChI is InChI=1S/C82H153NO5/c1-3-5-7-9-11-13-15-17-19-21-38-42-46-50-54-58-62-66-70-74-80(85)79(78-84)83-81(86)75-71-67-63-59-55-51-47-43-40-36-34-32-30-28-26-24-23-25-27-29-31-33-35-37-41-45-49-53-57-61-65-69-73-77-88-82(87)76-72-68-64-60-56-52-48-44-39-22-20-18-16-14-12-10-8-6-4-2/h12,14,18,20,27,29,33,35,70,74,79-80,84-85H,3-11,13,15-17,19,21-26,28,30-32,34,36-69,71-73,75-78H2,1-2H3,(H,83,86)/b14-12-,20-18-,29-27-,35-33-,74-70+. The number of hydrogen-bond acceptors (Lipinski definition) is 5. The molecule has 0 saturated heterocycles. The lowest BCUT2D eigenvalue weighted by atomic mass is 10.0. The zero-order valence-corrected chi connectivity index (χ0v) is 59.2. The normalized spacial score (nSPS) is 12.8. The topological polar surface area (TPSA) is 95.9 Å². The van der Waals surface area contributed by atoms with Crippen LogP contribution in [0.1, 0.15) is 425 Å². The number of allylic oxidation sites excluding steroid dienone is 9. The van der Waals surface area contributed by atoms with Gasteiger partial charge in [0.15, 0.2) is 0 Å². The number of carbonyl (C=O) groups excluding carboxylic acids is 2. The molecule has 0 rings (SSSR count). The van der Waals surface area contributed by atoms with Gasteiger partial charge in [-0.05, 0) is 96.3 Å². The van der Waals surface area contributed by atoms with Crippen molar-refractivity contribution in [2.75, 3.05) is 13.2 Å². The van der Waals surface area contributed by atoms with E-state index in [-0.39, 0.29) is 18.5 Å². The fraction of sp³-hybridized carbons (Fsp3) is 0.854. The number of aliphatic hydroxyl groups is 2. The molecule has 0 spiro atoms. The Kier molecular flexibility index (Phi) is 74.9. The number of carbonyl (C=O) groups is 2. The van der Waals surface area contributed by atoms with Crippen LogP contribution in [-0.4, -0.2) is 47.4 Å². The molecule has 2 unspecified atom stereocenters. The number of nitrogens with one attached hydrogen (secondary N) is 1. The van der Waals surface area contributed by atoms with Crippen molar-refractivity contribution in [3.8, 4) is 0 Å². The molecule has 0 fully saturated rings. The van der Waals surface area contributed by atoms with E-state index in [9.17, 15) is 19.8 Å². The third-order valence-electron chi connectivity index (χ3n) is 18.3. The molecule has 0 saturated carbocycles. The van der Waals surface area contributed by atoms with E-state index in [1.54, 1.807) is 6.08 Å². The Morgan fingerprint density at radius 2 is 0.568 bits per heavy atom. The van der Waals surface area contributed by atoms with E-state index in [1.807, 2.05) is 6.08 Å². The van der Waals surface area contributed by atoms with Gasteiger partial charge in [0.05, 0.1) is 25.4 Å². The predicted octanol–water partition coefficient (Wildman–Crippen LogP) is 26.2. The summed E-state index contributed by atoms with van der Waals surface area (Å²) in [4.78, 5) is 24.7. The third-order valence-corrected chi connectivity index (χ3v) is 18.3. The van der Waals surface area contributed by atoms with E-state index >= 15 is 0 Å². The number of rotatable bonds is 74. The molecule has 6 heteroatoms. The van der Waals surface area contributed by atoms with Crippen LogP contribution in [0.15, 0.2) is 60.8 Å². The van der Waals surface area contributed by atoms with Gasteiger partial charge >= 0.3 is 5.97 Å². The third kappa shape index (κ3) is 72.6. The minimum absolute atomic E-state index is 0.0104. The second kappa shape index (κ2) is 77.0. The van der Waals surface area contributed by atoms with E-state index in [4.69, 9.17) is 4.74 Å². The van der Waals surface area contributed by atoms with Crippen molar-refractivity contribution in [2.45, 2.75) is 437 Å². The largest absolute Gasteiger partial charge is 0.466 e. The monoisotopic (exact) mass is 1230 g/mol. The molecule has 0 radical (unpaired) electrons. The smallest absolute Gasteiger partial charge is 0.305 e. The van der Waals surface area contributed by atoms with Gasteiger partial charge in [-0.25, -0.2) is 0 Å². The van der Waals surface area contributed by atoms with Crippen molar-refractivity contribution in [1.82, 2.24) is 5.32 Å². The van der Waals surface area contributed by atoms with Crippen LogP contribution >= 0.6 is 0 Å². The van der Waals surface area contributed by atoms with Gasteiger partial charge in [-0.2, -0.15) is 0 Å². The summed E-state index contributed by atoms with van der Waals surface area (Å²) in [6.45, 7) is 4.91. The molecule has 0 aromatic heterocycles. The molecule has 2 atom stereocenters. The van der Waals surface area contributed by atoms with Crippen molar-refractivity contribution >= 4 is 11.9 Å². The molecule has 88 heavy (non-hydrogen) atoms. The Morgan fingerprint density at radius 1 is 0.318 bits per heavy atom. The molecule has 516 valence electrons. The van der Waals surface area contributed by atoms with E-state index < -0.39 is 12.1 Å². The van der Waals surface area contributed by atoms with Crippen LogP contribution in [-0.2, 0) is 14.3 Å². The maximum absolute atomic E-state index is 12.5. The molecule has 0 aliphatic rings. The highest BCUT2D eigenvalue weighted by molar-refractivity contribution is 5.76. The number of amides is 1. The summed E-state index contributed by atoms with van der Waals surface area (Å²) in [5.41, 5.74) is 0. The number of esters is 1. The Morgan fingerprint density at radius 3 is 0.886 bits per heavy atom. The van der Waals surface area contributed by atoms with Gasteiger partial charge in [-0.15, -0.1) is 0 Å². The molecule has 0 heterocycles. The Bertz CT molecular complexity index is 1520. The quantitative estimate of drug-likeness (QED) is 0.0320. The highest BCUT2D eigenvalue weighted by atomic mass is 16.5. The molecular formula is C82H153NO5. The minimum Gasteiger partial charge on any atom is -0.466 e. The van der Waals surface area contributed by atoms with Crippen LogP contribution in [0.4, 0.5) is 0 Å². The van der Waals surface area contributed by atoms with E-state index in [2.05, 4.69) is 67.8 Å². The van der Waals surface area contributed by atoms with E-state index in [0.717, 1.165) is 57.8 Å². The summed E-state index contributed by atoms with van der Waals surface area (Å²) in [7, 11) is 0. The molecule has 1 amide bonds. The van der Waals surface area contributed by atoms with Gasteiger partial charge in [0.1, 0.15) is 0 Å². The first-order valence-corrected chi connectivity index (χ1v) is 39.6. The van der Waals surface area contributed by atoms with Crippen molar-refractivity contribution in [1.29, 1.82) is 0 Å². The number of unbranched alkanes of at least 4 members (excludes halogenated alkanes) is 55. The number of hydrogen-bond donors (Lipinski definition) is 3. The molecule has 0 aromatic carbocycles. The minimum atomic E-state index is -0.845. The zero-order chi connectivity index (χ0) is 63.5. The van der Waals surface area contributed by atoms with Crippen LogP contribution in [0.3, 0.4) is 0 Å². The van der Waals surface area contributed by atoms with Gasteiger partial charge in [-0.1, -0.05) is 376 Å². The Labute approximate surface area is 549 Å². The fourth-order valence-corrected chi connectivity index (χ4v) is 12.2. The summed E-state index contributed by atoms with van der Waals surface area (Å²) >= 11 is 0. The van der Waals surface area contributed by atoms with Gasteiger partial charge in [0, 0.05) is 12.8 Å². The summed E-state index contributed by atoms with van der Waals surface area (Å²) in [6.07, 6.45) is 103. The first-order valence-electron chi connectivity index (χ1n) is 39.6. The average molecular weight is 1230 g/mol. The maximum atomic E-state index is 12.5. The molecule has 3 N–H and O–H groups in total. The summed E-state index contributed by atoms with van der Waals surface area (Å²) in [5.74, 6) is -0.0524. The van der Waals surface area contributed by atoms with Crippen molar-refractivity contribution in [3.63, 3.8) is 0 Å². The lowest BCUT2D eigenvalue weighted by Gasteiger charge is -2.20. The Balaban J connectivity index is 3.40. The van der Waals surface area contributed by atoms with E-state index in [0.29, 0.717) is 19.4 Å². The first-order chi connectivity index (χ1) is 43.5. The molecular weight excluding hydrogens is 1080 g/mol. The van der Waals surface area contributed by atoms with E-state index in [1.165, 1.54) is 340 Å². The van der Waals surface area contributed by atoms with Crippen LogP contribution in [0.2, 0.25) is 0 Å². The summed E-state index contributed by atoms with van der Waals surface area (Å²) < 4.78 is 5.51. The lowest BCUT2D eigenvalue weighted by molar-refractivity contribution is -0.143. The fourth-order valence-electron chi connectivity index (χ4n) is 12.2. The number of ether oxygens (including phenoxy) is 1. The van der Waals surface area contributed by atoms with Crippen molar-refractivity contribution in [3.05, 3.63) is 60.8 Å². The Hall–Kier alpha value is -2.44. The van der Waals surface area contributed by atoms with Crippen LogP contribution < -0.4 is 5.32 Å². The van der Waals surface area contributed by atoms with Gasteiger partial charge < -0.3 is 20.3 Å². The van der Waals surface area contributed by atoms with Gasteiger partial charge in [0.2, 0.25) is 5.91 Å². The summed E-state index contributed by atoms with van der Waals surface area (Å²) in [5, 5.41) is 23.3. The highest BCUT2D eigenvalue weighted by Crippen LogP contribution is 2.19. The molecule has 0 aliphatic heterocycles. The van der Waals surface area contributed by atoms with Crippen LogP contribution in [0, 0.1) is 0 Å². The second-order valence-electron chi connectivity index (χ2n) is 27.0. The maximum Gasteiger partial charge on any atom is 0.305 e. The predicted molar refractivity (Wildman–Crippen MR) is 389 cm³/mol. The van der Waals surface area contributed by atoms with Gasteiger partial charge in [-0.3, -0.25) is 9.59 Å². The van der Waals surface area contributed by atoms with Gasteiger partial charge in [0.25, 0.3) is 0 Å². The SMILES string of the molecule is CCCCC/C=C\C/C=C\CCCCCCCCCCCC(=O)OCCCCCCCCCCC/C=C\C/C=C\CCCCCCCCCCCCCCCCCCCC(=O)NC(CO)C(O)/C=C/CCCCCCCCCCCCCCCCCCC. The summed E-state index contributed by atoms with van der Waals surface area (Å²) in [6, 6.07) is -0.628. The highest BCUT2D eigenvalue weighted by Gasteiger charge is 2.18. The molecule has 0 aromatic rings. The second-order valence-corrected chi connectivity index (χ2v) is 27.0. The zero-order valence-electron chi connectivity index (χ0n) is 59.2. The molecule has 0 bridgehead atoms. The number of aliphatic hydroxyl groups excluding tert-OH is 2. The molecule has 0 aliphatic carbocycles. The first kappa shape index (κ1) is 85.6. The van der Waals surface area contributed by atoms with Crippen LogP contribution in [0.5, 0.6) is 0 Å². The lowest BCUT2D eigenvalue weighted by Crippen LogP contribution is -2.45. The van der Waals surface area contributed by atoms with Crippen molar-refractivity contribution < 1.29 is 24.5 Å². The average Bonchev–Trinajstić information content (AvgIpc) is 3.58. The van der Waals surface area contributed by atoms with Crippen LogP contribution in [0.25, 0.3) is 0 Å².